The fraction of sp³-hybridized carbons (Fsp3) is 0.231. The molecule has 0 fully saturated rings. The van der Waals surface area contributed by atoms with Gasteiger partial charge in [0.25, 0.3) is 0 Å². The first-order valence-electron chi connectivity index (χ1n) is 5.96. The van der Waals surface area contributed by atoms with Gasteiger partial charge in [-0.05, 0) is 18.2 Å². The molecular formula is C13H7F6N3O. The van der Waals surface area contributed by atoms with Crippen LogP contribution in [-0.4, -0.2) is 10.5 Å². The van der Waals surface area contributed by atoms with Crippen LogP contribution in [0, 0.1) is 11.3 Å². The van der Waals surface area contributed by atoms with Crippen LogP contribution >= 0.6 is 0 Å². The normalized spacial score (nSPS) is 12.4. The molecule has 0 radical (unpaired) electrons. The highest BCUT2D eigenvalue weighted by molar-refractivity contribution is 5.89. The maximum absolute atomic E-state index is 13.1. The lowest BCUT2D eigenvalue weighted by Gasteiger charge is -2.12. The third kappa shape index (κ3) is 2.94. The molecule has 0 bridgehead atoms. The second-order valence-electron chi connectivity index (χ2n) is 4.61. The number of carbonyl (C=O) groups is 1. The van der Waals surface area contributed by atoms with E-state index >= 15 is 0 Å². The van der Waals surface area contributed by atoms with Crippen molar-refractivity contribution in [2.24, 2.45) is 5.73 Å². The van der Waals surface area contributed by atoms with Gasteiger partial charge in [-0.1, -0.05) is 0 Å². The van der Waals surface area contributed by atoms with Crippen LogP contribution < -0.4 is 5.73 Å². The Morgan fingerprint density at radius 1 is 1.17 bits per heavy atom. The molecule has 122 valence electrons. The van der Waals surface area contributed by atoms with Crippen molar-refractivity contribution in [2.75, 3.05) is 0 Å². The molecule has 0 spiro atoms. The predicted molar refractivity (Wildman–Crippen MR) is 65.9 cm³/mol. The SMILES string of the molecule is N#Cc1ccc2c(cc(C(F)(F)F)n2CC(N)=O)c1C(F)(F)F. The summed E-state index contributed by atoms with van der Waals surface area (Å²) in [5.41, 5.74) is 0.639. The van der Waals surface area contributed by atoms with Crippen molar-refractivity contribution in [3.05, 3.63) is 35.0 Å². The van der Waals surface area contributed by atoms with Crippen LogP contribution in [0.2, 0.25) is 0 Å². The molecule has 2 rings (SSSR count). The summed E-state index contributed by atoms with van der Waals surface area (Å²) in [6, 6.07) is 3.24. The molecule has 1 heterocycles. The highest BCUT2D eigenvalue weighted by Gasteiger charge is 2.40. The Balaban J connectivity index is 2.95. The third-order valence-corrected chi connectivity index (χ3v) is 3.09. The molecular weight excluding hydrogens is 328 g/mol. The van der Waals surface area contributed by atoms with Crippen molar-refractivity contribution in [2.45, 2.75) is 18.9 Å². The van der Waals surface area contributed by atoms with Gasteiger partial charge in [0.2, 0.25) is 5.91 Å². The van der Waals surface area contributed by atoms with E-state index in [9.17, 15) is 31.1 Å². The Bertz CT molecular complexity index is 825. The molecule has 0 aliphatic heterocycles. The van der Waals surface area contributed by atoms with Crippen LogP contribution in [0.3, 0.4) is 0 Å². The van der Waals surface area contributed by atoms with E-state index < -0.39 is 52.5 Å². The van der Waals surface area contributed by atoms with Gasteiger partial charge in [0, 0.05) is 10.9 Å². The molecule has 4 nitrogen and oxygen atoms in total. The van der Waals surface area contributed by atoms with E-state index in [0.717, 1.165) is 12.1 Å². The van der Waals surface area contributed by atoms with Crippen molar-refractivity contribution >= 4 is 16.8 Å². The summed E-state index contributed by atoms with van der Waals surface area (Å²) in [7, 11) is 0. The zero-order chi connectivity index (χ0) is 17.6. The average molecular weight is 335 g/mol. The first kappa shape index (κ1) is 16.7. The number of primary amides is 1. The Labute approximate surface area is 124 Å². The molecule has 23 heavy (non-hydrogen) atoms. The number of aromatic nitrogens is 1. The molecule has 1 aromatic heterocycles. The second-order valence-corrected chi connectivity index (χ2v) is 4.61. The minimum Gasteiger partial charge on any atom is -0.368 e. The number of hydrogen-bond donors (Lipinski definition) is 1. The van der Waals surface area contributed by atoms with E-state index in [1.54, 1.807) is 0 Å². The molecule has 0 aliphatic rings. The van der Waals surface area contributed by atoms with E-state index in [2.05, 4.69) is 0 Å². The molecule has 0 saturated heterocycles. The van der Waals surface area contributed by atoms with Gasteiger partial charge < -0.3 is 10.3 Å². The number of amides is 1. The minimum absolute atomic E-state index is 0.266. The average Bonchev–Trinajstić information content (AvgIpc) is 2.74. The van der Waals surface area contributed by atoms with Crippen LogP contribution in [0.1, 0.15) is 16.8 Å². The number of benzene rings is 1. The summed E-state index contributed by atoms with van der Waals surface area (Å²) >= 11 is 0. The first-order chi connectivity index (χ1) is 10.5. The number of nitrogens with two attached hydrogens (primary N) is 1. The molecule has 0 atom stereocenters. The van der Waals surface area contributed by atoms with Crippen molar-refractivity contribution in [3.63, 3.8) is 0 Å². The van der Waals surface area contributed by atoms with E-state index in [0.29, 0.717) is 4.57 Å². The third-order valence-electron chi connectivity index (χ3n) is 3.09. The fourth-order valence-electron chi connectivity index (χ4n) is 2.29. The lowest BCUT2D eigenvalue weighted by atomic mass is 10.0. The van der Waals surface area contributed by atoms with Gasteiger partial charge in [0.05, 0.1) is 17.2 Å². The second kappa shape index (κ2) is 5.19. The lowest BCUT2D eigenvalue weighted by molar-refractivity contribution is -0.144. The number of carbonyl (C=O) groups excluding carboxylic acids is 1. The zero-order valence-electron chi connectivity index (χ0n) is 11.1. The maximum atomic E-state index is 13.1. The Hall–Kier alpha value is -2.70. The molecule has 0 unspecified atom stereocenters. The number of nitrogens with zero attached hydrogens (tertiary/aromatic N) is 2. The van der Waals surface area contributed by atoms with Gasteiger partial charge in [0.1, 0.15) is 12.2 Å². The van der Waals surface area contributed by atoms with Crippen molar-refractivity contribution < 1.29 is 31.1 Å². The standard InChI is InChI=1S/C13H7F6N3O/c14-12(15,16)9-3-7-8(22(9)5-10(21)23)2-1-6(4-20)11(7)13(17,18)19/h1-3H,5H2,(H2,21,23). The van der Waals surface area contributed by atoms with Crippen molar-refractivity contribution in [1.29, 1.82) is 5.26 Å². The van der Waals surface area contributed by atoms with Crippen LogP contribution in [0.25, 0.3) is 10.9 Å². The molecule has 10 heteroatoms. The van der Waals surface area contributed by atoms with Crippen LogP contribution in [0.4, 0.5) is 26.3 Å². The monoisotopic (exact) mass is 335 g/mol. The van der Waals surface area contributed by atoms with Crippen LogP contribution in [-0.2, 0) is 23.7 Å². The summed E-state index contributed by atoms with van der Waals surface area (Å²) in [4.78, 5) is 11.0. The summed E-state index contributed by atoms with van der Waals surface area (Å²) in [6.45, 7) is -0.943. The minimum atomic E-state index is -5.04. The Morgan fingerprint density at radius 2 is 1.78 bits per heavy atom. The number of alkyl halides is 6. The summed E-state index contributed by atoms with van der Waals surface area (Å²) < 4.78 is 78.8. The van der Waals surface area contributed by atoms with E-state index in [-0.39, 0.29) is 6.07 Å². The van der Waals surface area contributed by atoms with E-state index in [4.69, 9.17) is 11.0 Å². The van der Waals surface area contributed by atoms with Crippen molar-refractivity contribution in [1.82, 2.24) is 4.57 Å². The molecule has 1 aromatic carbocycles. The summed E-state index contributed by atoms with van der Waals surface area (Å²) in [6.07, 6.45) is -10.0. The molecule has 1 amide bonds. The smallest absolute Gasteiger partial charge is 0.368 e. The van der Waals surface area contributed by atoms with Gasteiger partial charge >= 0.3 is 12.4 Å². The number of nitriles is 1. The van der Waals surface area contributed by atoms with Gasteiger partial charge in [-0.2, -0.15) is 31.6 Å². The fourth-order valence-corrected chi connectivity index (χ4v) is 2.29. The van der Waals surface area contributed by atoms with Gasteiger partial charge in [0.15, 0.2) is 0 Å². The van der Waals surface area contributed by atoms with Crippen LogP contribution in [0.15, 0.2) is 18.2 Å². The largest absolute Gasteiger partial charge is 0.431 e. The highest BCUT2D eigenvalue weighted by Crippen LogP contribution is 2.41. The lowest BCUT2D eigenvalue weighted by Crippen LogP contribution is -2.22. The molecule has 0 aliphatic carbocycles. The van der Waals surface area contributed by atoms with Gasteiger partial charge in [-0.25, -0.2) is 0 Å². The highest BCUT2D eigenvalue weighted by atomic mass is 19.4. The van der Waals surface area contributed by atoms with E-state index in [1.807, 2.05) is 0 Å². The quantitative estimate of drug-likeness (QED) is 0.857. The van der Waals surface area contributed by atoms with Crippen LogP contribution in [0.5, 0.6) is 0 Å². The molecule has 2 N–H and O–H groups in total. The summed E-state index contributed by atoms with van der Waals surface area (Å²) in [5, 5.41) is 7.95. The Kier molecular flexibility index (Phi) is 3.76. The molecule has 2 aromatic rings. The number of hydrogen-bond acceptors (Lipinski definition) is 2. The van der Waals surface area contributed by atoms with Gasteiger partial charge in [-0.15, -0.1) is 0 Å². The number of fused-ring (bicyclic) bond motifs is 1. The number of halogens is 6. The van der Waals surface area contributed by atoms with Crippen molar-refractivity contribution in [3.8, 4) is 6.07 Å². The summed E-state index contributed by atoms with van der Waals surface area (Å²) in [5.74, 6) is -1.15. The Morgan fingerprint density at radius 3 is 2.22 bits per heavy atom. The predicted octanol–water partition coefficient (Wildman–Crippen LogP) is 3.04. The van der Waals surface area contributed by atoms with Gasteiger partial charge in [-0.3, -0.25) is 4.79 Å². The topological polar surface area (TPSA) is 71.8 Å². The van der Waals surface area contributed by atoms with E-state index in [1.165, 1.54) is 6.07 Å². The zero-order valence-corrected chi connectivity index (χ0v) is 11.1. The maximum Gasteiger partial charge on any atom is 0.431 e. The molecule has 0 saturated carbocycles. The first-order valence-corrected chi connectivity index (χ1v) is 5.96. The number of rotatable bonds is 2.